The summed E-state index contributed by atoms with van der Waals surface area (Å²) in [7, 11) is -2.11. The quantitative estimate of drug-likeness (QED) is 0.704. The lowest BCUT2D eigenvalue weighted by Gasteiger charge is -2.06. The fourth-order valence-electron chi connectivity index (χ4n) is 1.37. The highest BCUT2D eigenvalue weighted by Gasteiger charge is 2.20. The van der Waals surface area contributed by atoms with Crippen molar-refractivity contribution in [1.82, 2.24) is 19.7 Å². The summed E-state index contributed by atoms with van der Waals surface area (Å²) in [5.74, 6) is 0.233. The Bertz CT molecular complexity index is 627. The molecule has 0 fully saturated rings. The molecule has 9 heteroatoms. The van der Waals surface area contributed by atoms with E-state index >= 15 is 0 Å². The zero-order chi connectivity index (χ0) is 12.6. The lowest BCUT2D eigenvalue weighted by molar-refractivity contribution is 0.597. The zero-order valence-corrected chi connectivity index (χ0v) is 10.1. The molecule has 0 amide bonds. The van der Waals surface area contributed by atoms with Crippen LogP contribution in [0.2, 0.25) is 0 Å². The summed E-state index contributed by atoms with van der Waals surface area (Å²) in [6.07, 6.45) is 2.49. The second-order valence-electron chi connectivity index (χ2n) is 3.49. The van der Waals surface area contributed by atoms with Crippen molar-refractivity contribution in [2.45, 2.75) is 11.9 Å². The molecule has 17 heavy (non-hydrogen) atoms. The van der Waals surface area contributed by atoms with Crippen LogP contribution >= 0.6 is 0 Å². The number of imidazole rings is 1. The molecule has 0 aliphatic rings. The minimum atomic E-state index is -3.71. The molecule has 0 spiro atoms. The number of nitrogens with zero attached hydrogens (tertiary/aromatic N) is 3. The number of hydrogen-bond donors (Lipinski definition) is 3. The first-order valence-electron chi connectivity index (χ1n) is 4.72. The van der Waals surface area contributed by atoms with Crippen LogP contribution in [0, 0.1) is 6.92 Å². The van der Waals surface area contributed by atoms with E-state index in [1.54, 1.807) is 14.0 Å². The summed E-state index contributed by atoms with van der Waals surface area (Å²) in [5.41, 5.74) is 6.59. The van der Waals surface area contributed by atoms with E-state index < -0.39 is 10.0 Å². The summed E-state index contributed by atoms with van der Waals surface area (Å²) in [6.45, 7) is 1.70. The van der Waals surface area contributed by atoms with Gasteiger partial charge in [0, 0.05) is 7.05 Å². The molecular formula is C8H12N6O2S. The number of hydrogen-bond acceptors (Lipinski definition) is 5. The van der Waals surface area contributed by atoms with Crippen LogP contribution in [0.15, 0.2) is 17.6 Å². The standard InChI is InChI=1S/C8H12N6O2S/c1-5-7(9)8(14(2)12-5)13-17(15,16)6-3-10-4-11-6/h3-4,13H,9H2,1-2H3,(H,10,11). The van der Waals surface area contributed by atoms with Crippen molar-refractivity contribution in [3.63, 3.8) is 0 Å². The molecule has 0 saturated carbocycles. The van der Waals surface area contributed by atoms with Gasteiger partial charge >= 0.3 is 0 Å². The highest BCUT2D eigenvalue weighted by Crippen LogP contribution is 2.23. The zero-order valence-electron chi connectivity index (χ0n) is 9.30. The van der Waals surface area contributed by atoms with Gasteiger partial charge in [-0.15, -0.1) is 0 Å². The number of rotatable bonds is 3. The summed E-state index contributed by atoms with van der Waals surface area (Å²) < 4.78 is 27.5. The van der Waals surface area contributed by atoms with Crippen LogP contribution in [0.3, 0.4) is 0 Å². The number of aromatic amines is 1. The number of nitrogens with two attached hydrogens (primary N) is 1. The first kappa shape index (κ1) is 11.5. The molecule has 2 aromatic heterocycles. The molecule has 0 unspecified atom stereocenters. The third-order valence-corrected chi connectivity index (χ3v) is 3.53. The fraction of sp³-hybridized carbons (Fsp3) is 0.250. The van der Waals surface area contributed by atoms with Gasteiger partial charge in [-0.25, -0.2) is 9.67 Å². The monoisotopic (exact) mass is 256 g/mol. The van der Waals surface area contributed by atoms with Crippen molar-refractivity contribution < 1.29 is 8.42 Å². The molecule has 0 radical (unpaired) electrons. The first-order chi connectivity index (χ1) is 7.92. The minimum absolute atomic E-state index is 0.0317. The van der Waals surface area contributed by atoms with Crippen molar-refractivity contribution in [3.05, 3.63) is 18.2 Å². The third-order valence-electron chi connectivity index (χ3n) is 2.26. The Hall–Kier alpha value is -2.03. The van der Waals surface area contributed by atoms with Crippen LogP contribution in [0.4, 0.5) is 11.5 Å². The topological polar surface area (TPSA) is 119 Å². The number of nitrogen functional groups attached to an aromatic ring is 1. The average Bonchev–Trinajstić information content (AvgIpc) is 2.84. The van der Waals surface area contributed by atoms with Crippen LogP contribution in [0.5, 0.6) is 0 Å². The Balaban J connectivity index is 2.40. The van der Waals surface area contributed by atoms with Crippen LogP contribution in [0.25, 0.3) is 0 Å². The Morgan fingerprint density at radius 1 is 1.53 bits per heavy atom. The summed E-state index contributed by atoms with van der Waals surface area (Å²) in [6, 6.07) is 0. The number of aromatic nitrogens is 4. The Labute approximate surface area is 97.9 Å². The predicted octanol–water partition coefficient (Wildman–Crippen LogP) is -0.165. The molecule has 0 aliphatic heterocycles. The third kappa shape index (κ3) is 1.96. The number of sulfonamides is 1. The van der Waals surface area contributed by atoms with E-state index in [0.29, 0.717) is 11.4 Å². The maximum atomic E-state index is 11.9. The minimum Gasteiger partial charge on any atom is -0.394 e. The van der Waals surface area contributed by atoms with Gasteiger partial charge in [-0.1, -0.05) is 0 Å². The van der Waals surface area contributed by atoms with Crippen LogP contribution in [-0.4, -0.2) is 28.2 Å². The lowest BCUT2D eigenvalue weighted by Crippen LogP contribution is -2.16. The fourth-order valence-corrected chi connectivity index (χ4v) is 2.38. The number of nitrogens with one attached hydrogen (secondary N) is 2. The molecule has 2 heterocycles. The molecule has 0 aromatic carbocycles. The highest BCUT2D eigenvalue weighted by molar-refractivity contribution is 7.92. The van der Waals surface area contributed by atoms with Crippen molar-refractivity contribution in [1.29, 1.82) is 0 Å². The van der Waals surface area contributed by atoms with Gasteiger partial charge in [-0.2, -0.15) is 13.5 Å². The Morgan fingerprint density at radius 2 is 2.24 bits per heavy atom. The smallest absolute Gasteiger partial charge is 0.280 e. The van der Waals surface area contributed by atoms with Crippen molar-refractivity contribution in [3.8, 4) is 0 Å². The van der Waals surface area contributed by atoms with Gasteiger partial charge in [-0.3, -0.25) is 4.72 Å². The van der Waals surface area contributed by atoms with E-state index in [2.05, 4.69) is 19.8 Å². The van der Waals surface area contributed by atoms with Gasteiger partial charge in [-0.05, 0) is 6.92 Å². The molecular weight excluding hydrogens is 244 g/mol. The molecule has 2 rings (SSSR count). The van der Waals surface area contributed by atoms with E-state index in [-0.39, 0.29) is 10.8 Å². The molecule has 92 valence electrons. The average molecular weight is 256 g/mol. The van der Waals surface area contributed by atoms with Crippen LogP contribution in [-0.2, 0) is 17.1 Å². The highest BCUT2D eigenvalue weighted by atomic mass is 32.2. The molecule has 0 bridgehead atoms. The van der Waals surface area contributed by atoms with Gasteiger partial charge in [0.05, 0.1) is 23.9 Å². The molecule has 2 aromatic rings. The Morgan fingerprint density at radius 3 is 2.71 bits per heavy atom. The van der Waals surface area contributed by atoms with Gasteiger partial charge in [0.2, 0.25) is 0 Å². The van der Waals surface area contributed by atoms with Crippen LogP contribution in [0.1, 0.15) is 5.69 Å². The van der Waals surface area contributed by atoms with Crippen molar-refractivity contribution in [2.24, 2.45) is 7.05 Å². The first-order valence-corrected chi connectivity index (χ1v) is 6.20. The summed E-state index contributed by atoms with van der Waals surface area (Å²) in [4.78, 5) is 6.16. The molecule has 8 nitrogen and oxygen atoms in total. The second-order valence-corrected chi connectivity index (χ2v) is 5.14. The maximum Gasteiger partial charge on any atom is 0.280 e. The normalized spacial score (nSPS) is 11.6. The van der Waals surface area contributed by atoms with Crippen molar-refractivity contribution in [2.75, 3.05) is 10.5 Å². The van der Waals surface area contributed by atoms with E-state index in [1.165, 1.54) is 17.2 Å². The summed E-state index contributed by atoms with van der Waals surface area (Å²) in [5, 5.41) is 3.98. The largest absolute Gasteiger partial charge is 0.394 e. The SMILES string of the molecule is Cc1nn(C)c(NS(=O)(=O)c2cnc[nH]2)c1N. The van der Waals surface area contributed by atoms with E-state index in [9.17, 15) is 8.42 Å². The maximum absolute atomic E-state index is 11.9. The molecule has 0 aliphatic carbocycles. The second kappa shape index (κ2) is 3.77. The number of anilines is 2. The molecule has 4 N–H and O–H groups in total. The lowest BCUT2D eigenvalue weighted by atomic mass is 10.4. The molecule has 0 atom stereocenters. The van der Waals surface area contributed by atoms with Gasteiger partial charge < -0.3 is 10.7 Å². The molecule has 0 saturated heterocycles. The van der Waals surface area contributed by atoms with Gasteiger partial charge in [0.25, 0.3) is 10.0 Å². The summed E-state index contributed by atoms with van der Waals surface area (Å²) >= 11 is 0. The number of H-pyrrole nitrogens is 1. The number of aryl methyl sites for hydroxylation is 2. The van der Waals surface area contributed by atoms with E-state index in [4.69, 9.17) is 5.73 Å². The van der Waals surface area contributed by atoms with Gasteiger partial charge in [0.1, 0.15) is 0 Å². The Kier molecular flexibility index (Phi) is 2.54. The van der Waals surface area contributed by atoms with Crippen molar-refractivity contribution >= 4 is 21.5 Å². The van der Waals surface area contributed by atoms with Gasteiger partial charge in [0.15, 0.2) is 10.8 Å². The van der Waals surface area contributed by atoms with E-state index in [1.807, 2.05) is 0 Å². The predicted molar refractivity (Wildman–Crippen MR) is 61.8 cm³/mol. The van der Waals surface area contributed by atoms with Crippen LogP contribution < -0.4 is 10.5 Å². The van der Waals surface area contributed by atoms with E-state index in [0.717, 1.165) is 0 Å².